The summed E-state index contributed by atoms with van der Waals surface area (Å²) >= 11 is 0. The average molecular weight is 357 g/mol. The van der Waals surface area contributed by atoms with Crippen LogP contribution in [0.4, 0.5) is 0 Å². The Labute approximate surface area is 154 Å². The molecule has 140 valence electrons. The summed E-state index contributed by atoms with van der Waals surface area (Å²) in [5.41, 5.74) is 1.55. The van der Waals surface area contributed by atoms with Crippen LogP contribution in [0.3, 0.4) is 0 Å². The van der Waals surface area contributed by atoms with Gasteiger partial charge >= 0.3 is 0 Å². The molecule has 2 N–H and O–H groups in total. The SMILES string of the molecule is OC1=NOc2c(ccc(CN3CCC(N4CCCCC4)CC3)c2O)C=C1. The minimum Gasteiger partial charge on any atom is -0.504 e. The number of aliphatic hydroxyl groups excluding tert-OH is 1. The summed E-state index contributed by atoms with van der Waals surface area (Å²) in [6.07, 6.45) is 9.61. The van der Waals surface area contributed by atoms with Gasteiger partial charge in [0.05, 0.1) is 0 Å². The lowest BCUT2D eigenvalue weighted by Crippen LogP contribution is -2.46. The van der Waals surface area contributed by atoms with E-state index in [1.54, 1.807) is 6.08 Å². The maximum Gasteiger partial charge on any atom is 0.248 e. The van der Waals surface area contributed by atoms with Gasteiger partial charge in [-0.3, -0.25) is 4.90 Å². The van der Waals surface area contributed by atoms with Gasteiger partial charge in [0.15, 0.2) is 5.75 Å². The van der Waals surface area contributed by atoms with Gasteiger partial charge in [-0.1, -0.05) is 18.6 Å². The van der Waals surface area contributed by atoms with Crippen molar-refractivity contribution >= 4 is 12.0 Å². The number of rotatable bonds is 3. The molecule has 0 aromatic heterocycles. The summed E-state index contributed by atoms with van der Waals surface area (Å²) in [6, 6.07) is 4.55. The summed E-state index contributed by atoms with van der Waals surface area (Å²) in [7, 11) is 0. The molecule has 0 bridgehead atoms. The van der Waals surface area contributed by atoms with Crippen LogP contribution in [0.2, 0.25) is 0 Å². The van der Waals surface area contributed by atoms with Gasteiger partial charge in [0, 0.05) is 29.8 Å². The van der Waals surface area contributed by atoms with E-state index >= 15 is 0 Å². The van der Waals surface area contributed by atoms with E-state index in [-0.39, 0.29) is 11.6 Å². The van der Waals surface area contributed by atoms with Gasteiger partial charge in [-0.15, -0.1) is 0 Å². The molecule has 2 fully saturated rings. The Bertz CT molecular complexity index is 702. The zero-order chi connectivity index (χ0) is 17.9. The predicted octanol–water partition coefficient (Wildman–Crippen LogP) is 3.12. The molecule has 1 aromatic carbocycles. The van der Waals surface area contributed by atoms with E-state index in [0.29, 0.717) is 17.9 Å². The molecule has 6 heteroatoms. The third-order valence-corrected chi connectivity index (χ3v) is 5.75. The Morgan fingerprint density at radius 3 is 2.54 bits per heavy atom. The number of oxime groups is 1. The van der Waals surface area contributed by atoms with Crippen LogP contribution < -0.4 is 4.84 Å². The number of phenols is 1. The Morgan fingerprint density at radius 2 is 1.77 bits per heavy atom. The van der Waals surface area contributed by atoms with E-state index in [1.807, 2.05) is 12.1 Å². The second kappa shape index (κ2) is 7.68. The third-order valence-electron chi connectivity index (χ3n) is 5.75. The van der Waals surface area contributed by atoms with Crippen molar-refractivity contribution in [1.82, 2.24) is 9.80 Å². The number of hydrogen-bond donors (Lipinski definition) is 2. The number of nitrogens with zero attached hydrogens (tertiary/aromatic N) is 3. The highest BCUT2D eigenvalue weighted by Crippen LogP contribution is 2.37. The number of fused-ring (bicyclic) bond motifs is 1. The van der Waals surface area contributed by atoms with Crippen LogP contribution >= 0.6 is 0 Å². The van der Waals surface area contributed by atoms with E-state index < -0.39 is 0 Å². The number of piperidine rings is 2. The van der Waals surface area contributed by atoms with Gasteiger partial charge in [-0.25, -0.2) is 0 Å². The average Bonchev–Trinajstić information content (AvgIpc) is 2.87. The molecule has 0 atom stereocenters. The molecule has 3 aliphatic rings. The highest BCUT2D eigenvalue weighted by Gasteiger charge is 2.26. The van der Waals surface area contributed by atoms with E-state index in [9.17, 15) is 10.2 Å². The van der Waals surface area contributed by atoms with E-state index in [2.05, 4.69) is 15.0 Å². The smallest absolute Gasteiger partial charge is 0.248 e. The zero-order valence-electron chi connectivity index (χ0n) is 15.1. The van der Waals surface area contributed by atoms with Crippen LogP contribution in [-0.4, -0.2) is 58.1 Å². The van der Waals surface area contributed by atoms with Gasteiger partial charge in [-0.2, -0.15) is 0 Å². The second-order valence-electron chi connectivity index (χ2n) is 7.47. The van der Waals surface area contributed by atoms with Gasteiger partial charge in [0.2, 0.25) is 11.6 Å². The number of hydrogen-bond acceptors (Lipinski definition) is 5. The van der Waals surface area contributed by atoms with Crippen LogP contribution in [0, 0.1) is 0 Å². The minimum atomic E-state index is -0.207. The number of benzene rings is 1. The normalized spacial score (nSPS) is 22.4. The maximum absolute atomic E-state index is 10.6. The number of likely N-dealkylation sites (tertiary alicyclic amines) is 2. The highest BCUT2D eigenvalue weighted by atomic mass is 16.6. The van der Waals surface area contributed by atoms with Crippen LogP contribution in [0.25, 0.3) is 6.08 Å². The Balaban J connectivity index is 1.39. The molecule has 0 spiro atoms. The molecule has 1 aromatic rings. The van der Waals surface area contributed by atoms with Crippen molar-refractivity contribution in [3.63, 3.8) is 0 Å². The largest absolute Gasteiger partial charge is 0.504 e. The first-order chi connectivity index (χ1) is 12.7. The van der Waals surface area contributed by atoms with Crippen molar-refractivity contribution in [2.24, 2.45) is 5.16 Å². The minimum absolute atomic E-state index is 0.115. The summed E-state index contributed by atoms with van der Waals surface area (Å²) < 4.78 is 0. The first kappa shape index (κ1) is 17.4. The monoisotopic (exact) mass is 357 g/mol. The first-order valence-electron chi connectivity index (χ1n) is 9.64. The molecule has 2 saturated heterocycles. The molecule has 0 radical (unpaired) electrons. The van der Waals surface area contributed by atoms with Crippen molar-refractivity contribution in [2.45, 2.75) is 44.7 Å². The molecular weight excluding hydrogens is 330 g/mol. The predicted molar refractivity (Wildman–Crippen MR) is 102 cm³/mol. The summed E-state index contributed by atoms with van der Waals surface area (Å²) in [5, 5.41) is 23.6. The van der Waals surface area contributed by atoms with Crippen molar-refractivity contribution in [1.29, 1.82) is 0 Å². The highest BCUT2D eigenvalue weighted by molar-refractivity contribution is 5.91. The van der Waals surface area contributed by atoms with E-state index in [0.717, 1.165) is 24.7 Å². The maximum atomic E-state index is 10.6. The quantitative estimate of drug-likeness (QED) is 0.870. The molecule has 4 rings (SSSR count). The molecule has 0 amide bonds. The van der Waals surface area contributed by atoms with Gasteiger partial charge in [0.1, 0.15) is 0 Å². The molecule has 3 heterocycles. The summed E-state index contributed by atoms with van der Waals surface area (Å²) in [5.74, 6) is 0.219. The Morgan fingerprint density at radius 1 is 1.00 bits per heavy atom. The lowest BCUT2D eigenvalue weighted by molar-refractivity contribution is 0.0892. The fraction of sp³-hybridized carbons (Fsp3) is 0.550. The van der Waals surface area contributed by atoms with Crippen molar-refractivity contribution < 1.29 is 15.1 Å². The molecule has 26 heavy (non-hydrogen) atoms. The van der Waals surface area contributed by atoms with E-state index in [4.69, 9.17) is 4.84 Å². The lowest BCUT2D eigenvalue weighted by atomic mass is 9.99. The molecular formula is C20H27N3O3. The van der Waals surface area contributed by atoms with Crippen LogP contribution in [0.15, 0.2) is 23.4 Å². The standard InChI is InChI=1S/C20H27N3O3/c24-18-7-6-15-4-5-16(19(25)20(15)26-21-18)14-22-12-8-17(9-13-22)23-10-2-1-3-11-23/h4-7,17,25H,1-3,8-14H2,(H,21,24). The Hall–Kier alpha value is -2.05. The molecule has 3 aliphatic heterocycles. The number of phenolic OH excluding ortho intramolecular Hbond substituents is 1. The van der Waals surface area contributed by atoms with Gasteiger partial charge in [-0.05, 0) is 63.1 Å². The molecule has 0 saturated carbocycles. The van der Waals surface area contributed by atoms with Crippen molar-refractivity contribution in [2.75, 3.05) is 26.2 Å². The van der Waals surface area contributed by atoms with Crippen LogP contribution in [0.5, 0.6) is 11.5 Å². The fourth-order valence-electron chi connectivity index (χ4n) is 4.24. The lowest BCUT2D eigenvalue weighted by Gasteiger charge is -2.40. The first-order valence-corrected chi connectivity index (χ1v) is 9.64. The molecule has 0 aliphatic carbocycles. The topological polar surface area (TPSA) is 68.5 Å². The number of aromatic hydroxyl groups is 1. The van der Waals surface area contributed by atoms with Crippen LogP contribution in [0.1, 0.15) is 43.2 Å². The molecule has 0 unspecified atom stereocenters. The van der Waals surface area contributed by atoms with Gasteiger partial charge < -0.3 is 20.0 Å². The fourth-order valence-corrected chi connectivity index (χ4v) is 4.24. The Kier molecular flexibility index (Phi) is 5.13. The van der Waals surface area contributed by atoms with Crippen molar-refractivity contribution in [3.05, 3.63) is 29.3 Å². The molecule has 6 nitrogen and oxygen atoms in total. The summed E-state index contributed by atoms with van der Waals surface area (Å²) in [6.45, 7) is 5.33. The number of aliphatic hydroxyl groups is 1. The van der Waals surface area contributed by atoms with Gasteiger partial charge in [0.25, 0.3) is 0 Å². The van der Waals surface area contributed by atoms with Crippen LogP contribution in [-0.2, 0) is 6.54 Å². The van der Waals surface area contributed by atoms with E-state index in [1.165, 1.54) is 51.3 Å². The summed E-state index contributed by atoms with van der Waals surface area (Å²) in [4.78, 5) is 10.3. The van der Waals surface area contributed by atoms with Crippen molar-refractivity contribution in [3.8, 4) is 11.5 Å². The second-order valence-corrected chi connectivity index (χ2v) is 7.47. The zero-order valence-corrected chi connectivity index (χ0v) is 15.1. The third kappa shape index (κ3) is 3.71.